The van der Waals surface area contributed by atoms with Gasteiger partial charge in [0.05, 0.1) is 0 Å². The zero-order valence-electron chi connectivity index (χ0n) is 11.3. The molecule has 0 saturated carbocycles. The number of ketones is 1. The fourth-order valence-corrected chi connectivity index (χ4v) is 2.51. The van der Waals surface area contributed by atoms with Crippen molar-refractivity contribution in [1.29, 1.82) is 0 Å². The maximum absolute atomic E-state index is 12.3. The molecule has 0 atom stereocenters. The van der Waals surface area contributed by atoms with E-state index in [9.17, 15) is 9.59 Å². The van der Waals surface area contributed by atoms with E-state index < -0.39 is 0 Å². The van der Waals surface area contributed by atoms with Crippen molar-refractivity contribution in [2.75, 3.05) is 6.54 Å². The average Bonchev–Trinajstić information content (AvgIpc) is 2.78. The third kappa shape index (κ3) is 1.92. The molecule has 3 rings (SSSR count). The molecule has 1 N–H and O–H groups in total. The van der Waals surface area contributed by atoms with Crippen molar-refractivity contribution >= 4 is 11.7 Å². The van der Waals surface area contributed by atoms with Crippen LogP contribution >= 0.6 is 0 Å². The zero-order chi connectivity index (χ0) is 14.1. The SMILES string of the molecule is CCCNC(=O)c1ccc2c(c1)C(=O)c1ccccc1-2. The Kier molecular flexibility index (Phi) is 3.11. The minimum atomic E-state index is -0.126. The molecule has 0 aromatic heterocycles. The monoisotopic (exact) mass is 265 g/mol. The van der Waals surface area contributed by atoms with Crippen LogP contribution in [-0.2, 0) is 0 Å². The summed E-state index contributed by atoms with van der Waals surface area (Å²) in [6.07, 6.45) is 0.890. The molecule has 100 valence electrons. The van der Waals surface area contributed by atoms with Gasteiger partial charge < -0.3 is 5.32 Å². The molecule has 2 aromatic carbocycles. The van der Waals surface area contributed by atoms with Crippen LogP contribution < -0.4 is 5.32 Å². The molecule has 0 aliphatic heterocycles. The Hall–Kier alpha value is -2.42. The van der Waals surface area contributed by atoms with Gasteiger partial charge in [-0.05, 0) is 29.7 Å². The van der Waals surface area contributed by atoms with Crippen LogP contribution in [0.1, 0.15) is 39.6 Å². The minimum absolute atomic E-state index is 0.000687. The van der Waals surface area contributed by atoms with Crippen LogP contribution in [0.4, 0.5) is 0 Å². The van der Waals surface area contributed by atoms with E-state index in [4.69, 9.17) is 0 Å². The molecule has 0 spiro atoms. The van der Waals surface area contributed by atoms with Crippen LogP contribution in [0.3, 0.4) is 0 Å². The van der Waals surface area contributed by atoms with E-state index in [0.717, 1.165) is 17.5 Å². The predicted octanol–water partition coefficient (Wildman–Crippen LogP) is 3.04. The first-order chi connectivity index (χ1) is 9.72. The first-order valence-corrected chi connectivity index (χ1v) is 6.78. The van der Waals surface area contributed by atoms with E-state index in [2.05, 4.69) is 5.32 Å². The predicted molar refractivity (Wildman–Crippen MR) is 77.9 cm³/mol. The topological polar surface area (TPSA) is 46.2 Å². The Balaban J connectivity index is 2.00. The summed E-state index contributed by atoms with van der Waals surface area (Å²) >= 11 is 0. The molecule has 1 amide bonds. The Morgan fingerprint density at radius 3 is 2.45 bits per heavy atom. The fourth-order valence-electron chi connectivity index (χ4n) is 2.51. The number of fused-ring (bicyclic) bond motifs is 3. The van der Waals surface area contributed by atoms with Crippen molar-refractivity contribution in [3.05, 3.63) is 59.2 Å². The highest BCUT2D eigenvalue weighted by molar-refractivity contribution is 6.22. The lowest BCUT2D eigenvalue weighted by atomic mass is 10.0. The van der Waals surface area contributed by atoms with E-state index in [1.54, 1.807) is 12.1 Å². The average molecular weight is 265 g/mol. The van der Waals surface area contributed by atoms with Gasteiger partial charge in [0.25, 0.3) is 5.91 Å². The first kappa shape index (κ1) is 12.6. The number of hydrogen-bond donors (Lipinski definition) is 1. The maximum Gasteiger partial charge on any atom is 0.251 e. The van der Waals surface area contributed by atoms with Gasteiger partial charge in [0.15, 0.2) is 5.78 Å². The van der Waals surface area contributed by atoms with E-state index in [1.165, 1.54) is 0 Å². The molecular formula is C17H15NO2. The highest BCUT2D eigenvalue weighted by atomic mass is 16.1. The van der Waals surface area contributed by atoms with Crippen LogP contribution in [0, 0.1) is 0 Å². The van der Waals surface area contributed by atoms with Gasteiger partial charge in [-0.25, -0.2) is 0 Å². The molecule has 3 nitrogen and oxygen atoms in total. The van der Waals surface area contributed by atoms with Crippen LogP contribution in [0.2, 0.25) is 0 Å². The summed E-state index contributed by atoms with van der Waals surface area (Å²) < 4.78 is 0. The molecule has 0 heterocycles. The van der Waals surface area contributed by atoms with Crippen LogP contribution in [0.15, 0.2) is 42.5 Å². The quantitative estimate of drug-likeness (QED) is 0.791. The second kappa shape index (κ2) is 4.93. The lowest BCUT2D eigenvalue weighted by Gasteiger charge is -2.05. The standard InChI is InChI=1S/C17H15NO2/c1-2-9-18-17(20)11-7-8-13-12-5-3-4-6-14(12)16(19)15(13)10-11/h3-8,10H,2,9H2,1H3,(H,18,20). The van der Waals surface area contributed by atoms with Crippen molar-refractivity contribution in [2.24, 2.45) is 0 Å². The third-order valence-corrected chi connectivity index (χ3v) is 3.52. The molecule has 3 heteroatoms. The van der Waals surface area contributed by atoms with Gasteiger partial charge in [-0.1, -0.05) is 37.3 Å². The van der Waals surface area contributed by atoms with Crippen molar-refractivity contribution < 1.29 is 9.59 Å². The molecule has 1 aliphatic rings. The number of carbonyl (C=O) groups is 2. The zero-order valence-corrected chi connectivity index (χ0v) is 11.3. The Morgan fingerprint density at radius 1 is 1.00 bits per heavy atom. The first-order valence-electron chi connectivity index (χ1n) is 6.78. The van der Waals surface area contributed by atoms with E-state index in [-0.39, 0.29) is 11.7 Å². The van der Waals surface area contributed by atoms with Gasteiger partial charge in [-0.2, -0.15) is 0 Å². The minimum Gasteiger partial charge on any atom is -0.352 e. The Morgan fingerprint density at radius 2 is 1.70 bits per heavy atom. The number of rotatable bonds is 3. The summed E-state index contributed by atoms with van der Waals surface area (Å²) in [5.74, 6) is -0.126. The molecule has 0 fully saturated rings. The van der Waals surface area contributed by atoms with E-state index >= 15 is 0 Å². The summed E-state index contributed by atoms with van der Waals surface area (Å²) in [5.41, 5.74) is 3.74. The van der Waals surface area contributed by atoms with Crippen molar-refractivity contribution in [2.45, 2.75) is 13.3 Å². The third-order valence-electron chi connectivity index (χ3n) is 3.52. The van der Waals surface area contributed by atoms with E-state index in [0.29, 0.717) is 23.2 Å². The van der Waals surface area contributed by atoms with Gasteiger partial charge in [0.1, 0.15) is 0 Å². The van der Waals surface area contributed by atoms with Crippen LogP contribution in [-0.4, -0.2) is 18.2 Å². The van der Waals surface area contributed by atoms with Crippen molar-refractivity contribution in [3.63, 3.8) is 0 Å². The second-order valence-corrected chi connectivity index (χ2v) is 4.89. The molecule has 0 saturated heterocycles. The molecule has 20 heavy (non-hydrogen) atoms. The number of hydrogen-bond acceptors (Lipinski definition) is 2. The number of benzene rings is 2. The largest absolute Gasteiger partial charge is 0.352 e. The summed E-state index contributed by atoms with van der Waals surface area (Å²) in [4.78, 5) is 24.3. The smallest absolute Gasteiger partial charge is 0.251 e. The number of carbonyl (C=O) groups excluding carboxylic acids is 2. The molecule has 0 bridgehead atoms. The lowest BCUT2D eigenvalue weighted by molar-refractivity contribution is 0.0953. The van der Waals surface area contributed by atoms with Crippen LogP contribution in [0.25, 0.3) is 11.1 Å². The summed E-state index contributed by atoms with van der Waals surface area (Å²) in [7, 11) is 0. The van der Waals surface area contributed by atoms with Crippen LogP contribution in [0.5, 0.6) is 0 Å². The molecular weight excluding hydrogens is 250 g/mol. The number of nitrogens with one attached hydrogen (secondary N) is 1. The second-order valence-electron chi connectivity index (χ2n) is 4.89. The van der Waals surface area contributed by atoms with Gasteiger partial charge in [0, 0.05) is 23.2 Å². The maximum atomic E-state index is 12.3. The van der Waals surface area contributed by atoms with Gasteiger partial charge in [0.2, 0.25) is 0 Å². The summed E-state index contributed by atoms with van der Waals surface area (Å²) in [6.45, 7) is 2.65. The van der Waals surface area contributed by atoms with Gasteiger partial charge in [-0.3, -0.25) is 9.59 Å². The lowest BCUT2D eigenvalue weighted by Crippen LogP contribution is -2.24. The van der Waals surface area contributed by atoms with E-state index in [1.807, 2.05) is 37.3 Å². The molecule has 1 aliphatic carbocycles. The van der Waals surface area contributed by atoms with Crippen molar-refractivity contribution in [1.82, 2.24) is 5.32 Å². The molecule has 0 radical (unpaired) electrons. The van der Waals surface area contributed by atoms with Gasteiger partial charge in [-0.15, -0.1) is 0 Å². The molecule has 0 unspecified atom stereocenters. The van der Waals surface area contributed by atoms with Gasteiger partial charge >= 0.3 is 0 Å². The summed E-state index contributed by atoms with van der Waals surface area (Å²) in [6, 6.07) is 12.9. The number of amides is 1. The normalized spacial score (nSPS) is 11.9. The fraction of sp³-hybridized carbons (Fsp3) is 0.176. The highest BCUT2D eigenvalue weighted by Gasteiger charge is 2.26. The molecule has 2 aromatic rings. The Bertz CT molecular complexity index is 704. The highest BCUT2D eigenvalue weighted by Crippen LogP contribution is 2.36. The summed E-state index contributed by atoms with van der Waals surface area (Å²) in [5, 5.41) is 2.83. The van der Waals surface area contributed by atoms with Crippen molar-refractivity contribution in [3.8, 4) is 11.1 Å². The Labute approximate surface area is 117 Å².